The van der Waals surface area contributed by atoms with Gasteiger partial charge in [-0.3, -0.25) is 0 Å². The van der Waals surface area contributed by atoms with Crippen LogP contribution in [-0.4, -0.2) is 19.5 Å². The minimum atomic E-state index is 0.596. The van der Waals surface area contributed by atoms with Crippen LogP contribution in [-0.2, 0) is 0 Å². The third kappa shape index (κ3) is 4.26. The second kappa shape index (κ2) is 10.7. The molecule has 238 valence electrons. The molecule has 0 aliphatic heterocycles. The zero-order valence-electron chi connectivity index (χ0n) is 27.1. The molecule has 11 aromatic rings. The van der Waals surface area contributed by atoms with E-state index in [0.29, 0.717) is 17.5 Å². The fourth-order valence-corrected chi connectivity index (χ4v) is 7.53. The fourth-order valence-electron chi connectivity index (χ4n) is 7.53. The first kappa shape index (κ1) is 27.9. The second-order valence-electron chi connectivity index (χ2n) is 12.8. The zero-order valence-corrected chi connectivity index (χ0v) is 27.1. The van der Waals surface area contributed by atoms with Crippen molar-refractivity contribution >= 4 is 65.7 Å². The smallest absolute Gasteiger partial charge is 0.164 e. The topological polar surface area (TPSA) is 69.9 Å². The number of nitrogens with zero attached hydrogens (tertiary/aromatic N) is 4. The summed E-state index contributed by atoms with van der Waals surface area (Å²) in [5.41, 5.74) is 9.33. The van der Waals surface area contributed by atoms with Crippen molar-refractivity contribution in [3.63, 3.8) is 0 Å². The van der Waals surface area contributed by atoms with E-state index < -0.39 is 0 Å². The quantitative estimate of drug-likeness (QED) is 0.189. The van der Waals surface area contributed by atoms with E-state index >= 15 is 0 Å². The molecule has 51 heavy (non-hydrogen) atoms. The molecular formula is C45H26N4O2. The molecule has 7 aromatic carbocycles. The van der Waals surface area contributed by atoms with Gasteiger partial charge in [0.15, 0.2) is 17.5 Å². The summed E-state index contributed by atoms with van der Waals surface area (Å²) in [7, 11) is 0. The van der Waals surface area contributed by atoms with Gasteiger partial charge in [-0.25, -0.2) is 15.0 Å². The molecule has 0 fully saturated rings. The van der Waals surface area contributed by atoms with E-state index in [1.54, 1.807) is 0 Å². The van der Waals surface area contributed by atoms with E-state index in [4.69, 9.17) is 23.8 Å². The number of fused-ring (bicyclic) bond motifs is 9. The Bertz CT molecular complexity index is 3080. The number of benzene rings is 7. The highest BCUT2D eigenvalue weighted by atomic mass is 16.3. The number of para-hydroxylation sites is 2. The van der Waals surface area contributed by atoms with E-state index in [9.17, 15) is 0 Å². The van der Waals surface area contributed by atoms with E-state index in [1.165, 1.54) is 5.39 Å². The van der Waals surface area contributed by atoms with Gasteiger partial charge in [-0.15, -0.1) is 0 Å². The highest BCUT2D eigenvalue weighted by molar-refractivity contribution is 6.17. The van der Waals surface area contributed by atoms with Gasteiger partial charge in [0.2, 0.25) is 0 Å². The van der Waals surface area contributed by atoms with Crippen molar-refractivity contribution in [2.75, 3.05) is 0 Å². The lowest BCUT2D eigenvalue weighted by Crippen LogP contribution is -2.00. The van der Waals surface area contributed by atoms with Crippen LogP contribution >= 0.6 is 0 Å². The van der Waals surface area contributed by atoms with Gasteiger partial charge in [0.05, 0.1) is 11.0 Å². The van der Waals surface area contributed by atoms with Crippen molar-refractivity contribution in [2.45, 2.75) is 0 Å². The minimum absolute atomic E-state index is 0.596. The lowest BCUT2D eigenvalue weighted by Gasteiger charge is -2.09. The summed E-state index contributed by atoms with van der Waals surface area (Å²) >= 11 is 0. The molecule has 11 rings (SSSR count). The van der Waals surface area contributed by atoms with Gasteiger partial charge in [0.1, 0.15) is 22.3 Å². The molecule has 0 atom stereocenters. The SMILES string of the molecule is c1ccc(-c2nc(-c3ccccc3)nc(-c3cccc4oc5cc(-n6c7ccccc7c7cc8oc9ccccc9c8cc76)ccc5c34)n2)cc1. The molecule has 6 nitrogen and oxygen atoms in total. The molecule has 0 spiro atoms. The summed E-state index contributed by atoms with van der Waals surface area (Å²) in [6.45, 7) is 0. The van der Waals surface area contributed by atoms with Gasteiger partial charge < -0.3 is 13.4 Å². The molecule has 0 saturated carbocycles. The van der Waals surface area contributed by atoms with Crippen molar-refractivity contribution in [3.05, 3.63) is 158 Å². The van der Waals surface area contributed by atoms with Crippen molar-refractivity contribution in [1.29, 1.82) is 0 Å². The predicted molar refractivity (Wildman–Crippen MR) is 205 cm³/mol. The Kier molecular flexibility index (Phi) is 5.86. The molecule has 0 unspecified atom stereocenters. The first-order valence-electron chi connectivity index (χ1n) is 16.9. The standard InChI is InChI=1S/C45H26N4O2/c1-3-12-27(13-4-1)43-46-44(28-14-5-2-6-15-28)48-45(47-43)33-18-11-21-39-42(33)32-23-22-29(24-40(32)51-39)49-36-19-9-7-16-30(36)34-26-41-35(25-37(34)49)31-17-8-10-20-38(31)50-41/h1-26H. The van der Waals surface area contributed by atoms with Crippen molar-refractivity contribution in [2.24, 2.45) is 0 Å². The molecule has 4 aromatic heterocycles. The van der Waals surface area contributed by atoms with E-state index in [-0.39, 0.29) is 0 Å². The number of hydrogen-bond donors (Lipinski definition) is 0. The monoisotopic (exact) mass is 654 g/mol. The third-order valence-corrected chi connectivity index (χ3v) is 9.85. The molecule has 0 aliphatic carbocycles. The van der Waals surface area contributed by atoms with Crippen molar-refractivity contribution in [1.82, 2.24) is 19.5 Å². The van der Waals surface area contributed by atoms with Crippen molar-refractivity contribution < 1.29 is 8.83 Å². The fraction of sp³-hybridized carbons (Fsp3) is 0. The highest BCUT2D eigenvalue weighted by Crippen LogP contribution is 2.41. The van der Waals surface area contributed by atoms with E-state index in [2.05, 4.69) is 77.4 Å². The Hall–Kier alpha value is -7.05. The van der Waals surface area contributed by atoms with Crippen LogP contribution in [0, 0.1) is 0 Å². The molecule has 0 saturated heterocycles. The van der Waals surface area contributed by atoms with Gasteiger partial charge in [-0.2, -0.15) is 0 Å². The lowest BCUT2D eigenvalue weighted by atomic mass is 10.0. The number of rotatable bonds is 4. The van der Waals surface area contributed by atoms with Gasteiger partial charge >= 0.3 is 0 Å². The van der Waals surface area contributed by atoms with Crippen LogP contribution in [0.4, 0.5) is 0 Å². The van der Waals surface area contributed by atoms with Crippen LogP contribution in [0.2, 0.25) is 0 Å². The summed E-state index contributed by atoms with van der Waals surface area (Å²) in [5, 5.41) is 6.48. The van der Waals surface area contributed by atoms with Gasteiger partial charge in [0, 0.05) is 60.8 Å². The largest absolute Gasteiger partial charge is 0.456 e. The van der Waals surface area contributed by atoms with Crippen LogP contribution in [0.5, 0.6) is 0 Å². The number of aromatic nitrogens is 4. The molecule has 0 N–H and O–H groups in total. The van der Waals surface area contributed by atoms with E-state index in [0.717, 1.165) is 82.7 Å². The molecule has 0 radical (unpaired) electrons. The van der Waals surface area contributed by atoms with Gasteiger partial charge in [-0.1, -0.05) is 109 Å². The summed E-state index contributed by atoms with van der Waals surface area (Å²) in [5.74, 6) is 1.84. The maximum Gasteiger partial charge on any atom is 0.164 e. The zero-order chi connectivity index (χ0) is 33.5. The first-order chi connectivity index (χ1) is 25.3. The number of furan rings is 2. The Morgan fingerprint density at radius 1 is 0.373 bits per heavy atom. The maximum absolute atomic E-state index is 6.62. The summed E-state index contributed by atoms with van der Waals surface area (Å²) in [4.78, 5) is 15.0. The van der Waals surface area contributed by atoms with Crippen LogP contribution in [0.3, 0.4) is 0 Å². The van der Waals surface area contributed by atoms with Gasteiger partial charge in [0.25, 0.3) is 0 Å². The Morgan fingerprint density at radius 3 is 1.78 bits per heavy atom. The second-order valence-corrected chi connectivity index (χ2v) is 12.8. The summed E-state index contributed by atoms with van der Waals surface area (Å²) < 4.78 is 15.2. The Labute approximate surface area is 290 Å². The number of hydrogen-bond acceptors (Lipinski definition) is 5. The molecule has 0 bridgehead atoms. The molecular weight excluding hydrogens is 629 g/mol. The van der Waals surface area contributed by atoms with Crippen LogP contribution in [0.25, 0.3) is 106 Å². The Balaban J connectivity index is 1.13. The molecule has 6 heteroatoms. The average molecular weight is 655 g/mol. The van der Waals surface area contributed by atoms with E-state index in [1.807, 2.05) is 84.9 Å². The average Bonchev–Trinajstić information content (AvgIpc) is 3.86. The normalized spacial score (nSPS) is 11.9. The van der Waals surface area contributed by atoms with Crippen LogP contribution in [0.1, 0.15) is 0 Å². The lowest BCUT2D eigenvalue weighted by molar-refractivity contribution is 0.668. The summed E-state index contributed by atoms with van der Waals surface area (Å²) in [6.07, 6.45) is 0. The van der Waals surface area contributed by atoms with Crippen LogP contribution < -0.4 is 0 Å². The van der Waals surface area contributed by atoms with Crippen molar-refractivity contribution in [3.8, 4) is 39.9 Å². The third-order valence-electron chi connectivity index (χ3n) is 9.85. The van der Waals surface area contributed by atoms with Crippen LogP contribution in [0.15, 0.2) is 167 Å². The van der Waals surface area contributed by atoms with Gasteiger partial charge in [-0.05, 0) is 42.5 Å². The first-order valence-corrected chi connectivity index (χ1v) is 16.9. The summed E-state index contributed by atoms with van der Waals surface area (Å²) in [6, 6.07) is 53.8. The predicted octanol–water partition coefficient (Wildman–Crippen LogP) is 11.8. The molecule has 0 amide bonds. The molecule has 4 heterocycles. The minimum Gasteiger partial charge on any atom is -0.456 e. The molecule has 0 aliphatic rings. The maximum atomic E-state index is 6.62. The Morgan fingerprint density at radius 2 is 1.00 bits per heavy atom. The highest BCUT2D eigenvalue weighted by Gasteiger charge is 2.20.